The zero-order valence-corrected chi connectivity index (χ0v) is 11.3. The molecular formula is C14H15NO3S. The second kappa shape index (κ2) is 6.43. The Bertz CT molecular complexity index is 591. The quantitative estimate of drug-likeness (QED) is 0.621. The van der Waals surface area contributed by atoms with Crippen LogP contribution in [0.5, 0.6) is 0 Å². The molecule has 0 fully saturated rings. The highest BCUT2D eigenvalue weighted by Crippen LogP contribution is 2.23. The lowest BCUT2D eigenvalue weighted by Crippen LogP contribution is -2.00. The number of aromatic nitrogens is 1. The van der Waals surface area contributed by atoms with E-state index in [9.17, 15) is 9.59 Å². The summed E-state index contributed by atoms with van der Waals surface area (Å²) in [5.74, 6) is -0.732. The van der Waals surface area contributed by atoms with Crippen molar-refractivity contribution >= 4 is 33.4 Å². The molecule has 2 aromatic rings. The molecule has 0 bridgehead atoms. The number of fused-ring (bicyclic) bond motifs is 1. The highest BCUT2D eigenvalue weighted by atomic mass is 32.1. The summed E-state index contributed by atoms with van der Waals surface area (Å²) in [7, 11) is 0. The molecule has 5 heteroatoms. The van der Waals surface area contributed by atoms with Crippen LogP contribution in [-0.4, -0.2) is 21.2 Å². The molecule has 1 heterocycles. The van der Waals surface area contributed by atoms with Gasteiger partial charge in [0.1, 0.15) is 5.69 Å². The first kappa shape index (κ1) is 13.7. The van der Waals surface area contributed by atoms with Gasteiger partial charge in [0, 0.05) is 18.2 Å². The van der Waals surface area contributed by atoms with Crippen molar-refractivity contribution in [2.45, 2.75) is 32.1 Å². The van der Waals surface area contributed by atoms with Crippen LogP contribution in [0, 0.1) is 0 Å². The van der Waals surface area contributed by atoms with E-state index in [0.717, 1.165) is 22.9 Å². The molecule has 1 aromatic heterocycles. The van der Waals surface area contributed by atoms with E-state index in [0.29, 0.717) is 18.5 Å². The second-order valence-electron chi connectivity index (χ2n) is 4.40. The van der Waals surface area contributed by atoms with E-state index in [1.807, 2.05) is 24.3 Å². The number of nitrogens with zero attached hydrogens (tertiary/aromatic N) is 1. The molecule has 0 saturated heterocycles. The van der Waals surface area contributed by atoms with Gasteiger partial charge in [-0.05, 0) is 30.4 Å². The summed E-state index contributed by atoms with van der Waals surface area (Å²) in [6.45, 7) is 0. The van der Waals surface area contributed by atoms with Crippen LogP contribution in [0.4, 0.5) is 0 Å². The van der Waals surface area contributed by atoms with Crippen molar-refractivity contribution in [2.24, 2.45) is 0 Å². The van der Waals surface area contributed by atoms with Gasteiger partial charge in [-0.1, -0.05) is 24.6 Å². The summed E-state index contributed by atoms with van der Waals surface area (Å²) in [5, 5.41) is 9.43. The van der Waals surface area contributed by atoms with Gasteiger partial charge in [-0.2, -0.15) is 4.37 Å². The lowest BCUT2D eigenvalue weighted by molar-refractivity contribution is -0.137. The van der Waals surface area contributed by atoms with Gasteiger partial charge >= 0.3 is 5.97 Å². The van der Waals surface area contributed by atoms with Crippen LogP contribution in [0.15, 0.2) is 24.3 Å². The molecule has 0 aliphatic carbocycles. The minimum atomic E-state index is -0.781. The molecule has 0 spiro atoms. The number of Topliss-reactive ketones (excluding diaryl/α,β-unsaturated/α-hetero) is 1. The topological polar surface area (TPSA) is 67.3 Å². The number of ketones is 1. The smallest absolute Gasteiger partial charge is 0.303 e. The minimum absolute atomic E-state index is 0.0489. The van der Waals surface area contributed by atoms with Crippen molar-refractivity contribution < 1.29 is 14.7 Å². The van der Waals surface area contributed by atoms with Crippen molar-refractivity contribution in [1.29, 1.82) is 0 Å². The van der Waals surface area contributed by atoms with E-state index < -0.39 is 5.97 Å². The summed E-state index contributed by atoms with van der Waals surface area (Å²) >= 11 is 1.34. The van der Waals surface area contributed by atoms with Crippen molar-refractivity contribution in [3.8, 4) is 0 Å². The number of rotatable bonds is 7. The normalized spacial score (nSPS) is 10.7. The third-order valence-electron chi connectivity index (χ3n) is 2.94. The number of carboxylic acids is 1. The van der Waals surface area contributed by atoms with Crippen molar-refractivity contribution in [3.63, 3.8) is 0 Å². The van der Waals surface area contributed by atoms with Crippen molar-refractivity contribution in [2.75, 3.05) is 0 Å². The van der Waals surface area contributed by atoms with Crippen LogP contribution in [0.1, 0.15) is 42.6 Å². The van der Waals surface area contributed by atoms with Gasteiger partial charge in [0.15, 0.2) is 5.78 Å². The predicted molar refractivity (Wildman–Crippen MR) is 74.7 cm³/mol. The molecule has 0 radical (unpaired) electrons. The maximum absolute atomic E-state index is 12.0. The number of carboxylic acid groups (broad SMARTS) is 1. The Balaban J connectivity index is 1.88. The maximum Gasteiger partial charge on any atom is 0.303 e. The van der Waals surface area contributed by atoms with Crippen molar-refractivity contribution in [3.05, 3.63) is 30.0 Å². The fraction of sp³-hybridized carbons (Fsp3) is 0.357. The first-order valence-electron chi connectivity index (χ1n) is 6.28. The van der Waals surface area contributed by atoms with Gasteiger partial charge in [0.05, 0.1) is 4.70 Å². The molecule has 1 aromatic carbocycles. The van der Waals surface area contributed by atoms with Crippen molar-refractivity contribution in [1.82, 2.24) is 4.37 Å². The van der Waals surface area contributed by atoms with E-state index in [1.165, 1.54) is 11.5 Å². The number of benzene rings is 1. The highest BCUT2D eigenvalue weighted by Gasteiger charge is 2.13. The number of unbranched alkanes of at least 4 members (excludes halogenated alkanes) is 2. The Morgan fingerprint density at radius 1 is 1.11 bits per heavy atom. The van der Waals surface area contributed by atoms with E-state index in [-0.39, 0.29) is 12.2 Å². The molecule has 4 nitrogen and oxygen atoms in total. The number of carbonyl (C=O) groups is 2. The Morgan fingerprint density at radius 2 is 1.84 bits per heavy atom. The Morgan fingerprint density at radius 3 is 2.63 bits per heavy atom. The van der Waals surface area contributed by atoms with Crippen LogP contribution in [0.25, 0.3) is 10.1 Å². The average molecular weight is 277 g/mol. The number of aliphatic carboxylic acids is 1. The van der Waals surface area contributed by atoms with Gasteiger partial charge in [-0.25, -0.2) is 0 Å². The lowest BCUT2D eigenvalue weighted by Gasteiger charge is -1.99. The van der Waals surface area contributed by atoms with E-state index in [4.69, 9.17) is 5.11 Å². The molecule has 0 unspecified atom stereocenters. The van der Waals surface area contributed by atoms with E-state index >= 15 is 0 Å². The summed E-state index contributed by atoms with van der Waals surface area (Å²) in [4.78, 5) is 22.4. The monoisotopic (exact) mass is 277 g/mol. The second-order valence-corrected chi connectivity index (χ2v) is 5.21. The summed E-state index contributed by atoms with van der Waals surface area (Å²) < 4.78 is 5.25. The number of hydrogen-bond acceptors (Lipinski definition) is 4. The van der Waals surface area contributed by atoms with Crippen LogP contribution in [-0.2, 0) is 4.79 Å². The van der Waals surface area contributed by atoms with Gasteiger partial charge in [-0.3, -0.25) is 9.59 Å². The third-order valence-corrected chi connectivity index (χ3v) is 3.76. The molecule has 0 aliphatic rings. The molecule has 19 heavy (non-hydrogen) atoms. The Labute approximate surface area is 115 Å². The molecule has 1 N–H and O–H groups in total. The van der Waals surface area contributed by atoms with Gasteiger partial charge in [0.25, 0.3) is 0 Å². The van der Waals surface area contributed by atoms with Crippen LogP contribution in [0.3, 0.4) is 0 Å². The SMILES string of the molecule is O=C(O)CCCCCC(=O)c1nsc2ccccc12. The maximum atomic E-state index is 12.0. The predicted octanol–water partition coefficient (Wildman–Crippen LogP) is 3.51. The molecule has 0 saturated carbocycles. The largest absolute Gasteiger partial charge is 0.481 e. The standard InChI is InChI=1S/C14H15NO3S/c16-11(7-2-1-3-9-13(17)18)14-10-6-4-5-8-12(10)19-15-14/h4-6,8H,1-3,7,9H2,(H,17,18). The summed E-state index contributed by atoms with van der Waals surface area (Å²) in [6, 6.07) is 7.70. The average Bonchev–Trinajstić information content (AvgIpc) is 2.81. The first-order valence-corrected chi connectivity index (χ1v) is 7.05. The van der Waals surface area contributed by atoms with E-state index in [2.05, 4.69) is 4.37 Å². The molecule has 0 amide bonds. The van der Waals surface area contributed by atoms with Crippen LogP contribution in [0.2, 0.25) is 0 Å². The summed E-state index contributed by atoms with van der Waals surface area (Å²) in [6.07, 6.45) is 2.72. The molecule has 0 aliphatic heterocycles. The zero-order valence-electron chi connectivity index (χ0n) is 10.5. The molecule has 100 valence electrons. The van der Waals surface area contributed by atoms with Gasteiger partial charge in [0.2, 0.25) is 0 Å². The number of carbonyl (C=O) groups excluding carboxylic acids is 1. The Hall–Kier alpha value is -1.75. The fourth-order valence-electron chi connectivity index (χ4n) is 1.94. The lowest BCUT2D eigenvalue weighted by atomic mass is 10.1. The highest BCUT2D eigenvalue weighted by molar-refractivity contribution is 7.13. The third kappa shape index (κ3) is 3.61. The van der Waals surface area contributed by atoms with Crippen LogP contribution < -0.4 is 0 Å². The van der Waals surface area contributed by atoms with E-state index in [1.54, 1.807) is 0 Å². The minimum Gasteiger partial charge on any atom is -0.481 e. The summed E-state index contributed by atoms with van der Waals surface area (Å²) in [5.41, 5.74) is 0.554. The number of hydrogen-bond donors (Lipinski definition) is 1. The van der Waals surface area contributed by atoms with Gasteiger partial charge < -0.3 is 5.11 Å². The first-order chi connectivity index (χ1) is 9.18. The molecule has 0 atom stereocenters. The molecule has 2 rings (SSSR count). The Kier molecular flexibility index (Phi) is 4.63. The fourth-order valence-corrected chi connectivity index (χ4v) is 2.74. The zero-order chi connectivity index (χ0) is 13.7. The van der Waals surface area contributed by atoms with Gasteiger partial charge in [-0.15, -0.1) is 0 Å². The molecular weight excluding hydrogens is 262 g/mol. The van der Waals surface area contributed by atoms with Crippen LogP contribution >= 0.6 is 11.5 Å².